The van der Waals surface area contributed by atoms with Gasteiger partial charge in [-0.05, 0) is 23.3 Å². The lowest BCUT2D eigenvalue weighted by atomic mass is 10.2. The van der Waals surface area contributed by atoms with Gasteiger partial charge in [-0.25, -0.2) is 4.68 Å². The van der Waals surface area contributed by atoms with Crippen molar-refractivity contribution >= 4 is 29.1 Å². The van der Waals surface area contributed by atoms with Crippen LogP contribution in [0.15, 0.2) is 48.5 Å². The van der Waals surface area contributed by atoms with E-state index in [0.717, 1.165) is 11.1 Å². The van der Waals surface area contributed by atoms with Crippen molar-refractivity contribution in [3.05, 3.63) is 75.4 Å². The van der Waals surface area contributed by atoms with Crippen LogP contribution in [0.25, 0.3) is 0 Å². The number of benzene rings is 2. The van der Waals surface area contributed by atoms with Gasteiger partial charge in [-0.2, -0.15) is 5.26 Å². The van der Waals surface area contributed by atoms with Gasteiger partial charge in [-0.15, -0.1) is 5.10 Å². The largest absolute Gasteiger partial charge is 0.475 e. The number of carbonyl (C=O) groups excluding carboxylic acids is 1. The molecule has 0 aliphatic rings. The summed E-state index contributed by atoms with van der Waals surface area (Å²) < 4.78 is 7.09. The Morgan fingerprint density at radius 1 is 1.10 bits per heavy atom. The summed E-state index contributed by atoms with van der Waals surface area (Å²) >= 11 is 12.3. The van der Waals surface area contributed by atoms with Crippen LogP contribution in [0.1, 0.15) is 28.0 Å². The van der Waals surface area contributed by atoms with E-state index in [4.69, 9.17) is 33.2 Å². The first kappa shape index (κ1) is 20.6. The minimum absolute atomic E-state index is 0.0297. The highest BCUT2D eigenvalue weighted by molar-refractivity contribution is 6.31. The summed E-state index contributed by atoms with van der Waals surface area (Å²) in [5.41, 5.74) is 1.60. The Morgan fingerprint density at radius 3 is 2.41 bits per heavy atom. The zero-order valence-electron chi connectivity index (χ0n) is 15.3. The van der Waals surface area contributed by atoms with Crippen LogP contribution in [-0.4, -0.2) is 27.5 Å². The Bertz CT molecular complexity index is 1050. The molecule has 1 aromatic heterocycles. The highest BCUT2D eigenvalue weighted by Gasteiger charge is 2.22. The summed E-state index contributed by atoms with van der Waals surface area (Å²) in [4.78, 5) is 12.7. The van der Waals surface area contributed by atoms with E-state index in [0.29, 0.717) is 10.0 Å². The van der Waals surface area contributed by atoms with Gasteiger partial charge in [0, 0.05) is 16.6 Å². The van der Waals surface area contributed by atoms with Crippen LogP contribution in [0.3, 0.4) is 0 Å². The third kappa shape index (κ3) is 5.25. The van der Waals surface area contributed by atoms with Crippen molar-refractivity contribution in [1.29, 1.82) is 5.26 Å². The first-order valence-corrected chi connectivity index (χ1v) is 9.54. The summed E-state index contributed by atoms with van der Waals surface area (Å²) in [6.07, 6.45) is 0.165. The van der Waals surface area contributed by atoms with Crippen molar-refractivity contribution in [2.45, 2.75) is 19.5 Å². The lowest BCUT2D eigenvalue weighted by Crippen LogP contribution is -2.24. The molecule has 0 fully saturated rings. The molecular weight excluding hydrogens is 413 g/mol. The van der Waals surface area contributed by atoms with E-state index in [1.54, 1.807) is 12.1 Å². The number of carbonyl (C=O) groups is 1. The zero-order valence-corrected chi connectivity index (χ0v) is 16.8. The number of ether oxygens (including phenoxy) is 1. The summed E-state index contributed by atoms with van der Waals surface area (Å²) in [5, 5.41) is 20.7. The highest BCUT2D eigenvalue weighted by atomic mass is 35.5. The number of nitrogens with zero attached hydrogens (tertiary/aromatic N) is 4. The molecule has 7 nitrogen and oxygen atoms in total. The molecule has 0 saturated heterocycles. The molecule has 3 aromatic rings. The fourth-order valence-corrected chi connectivity index (χ4v) is 2.97. The quantitative estimate of drug-likeness (QED) is 0.548. The van der Waals surface area contributed by atoms with Crippen molar-refractivity contribution in [1.82, 2.24) is 20.3 Å². The molecule has 0 unspecified atom stereocenters. The van der Waals surface area contributed by atoms with Crippen molar-refractivity contribution in [3.8, 4) is 11.9 Å². The van der Waals surface area contributed by atoms with Gasteiger partial charge < -0.3 is 10.1 Å². The van der Waals surface area contributed by atoms with Gasteiger partial charge in [-0.3, -0.25) is 4.79 Å². The van der Waals surface area contributed by atoms with E-state index in [2.05, 4.69) is 15.6 Å². The molecule has 1 amide bonds. The second-order valence-electron chi connectivity index (χ2n) is 6.02. The fraction of sp³-hybridized carbons (Fsp3) is 0.200. The average Bonchev–Trinajstić information content (AvgIpc) is 3.12. The van der Waals surface area contributed by atoms with E-state index in [1.807, 2.05) is 42.5 Å². The van der Waals surface area contributed by atoms with E-state index >= 15 is 0 Å². The van der Waals surface area contributed by atoms with Gasteiger partial charge in [-0.1, -0.05) is 64.8 Å². The van der Waals surface area contributed by atoms with E-state index in [9.17, 15) is 4.79 Å². The zero-order chi connectivity index (χ0) is 20.6. The van der Waals surface area contributed by atoms with E-state index < -0.39 is 5.91 Å². The Morgan fingerprint density at radius 2 is 1.76 bits per heavy atom. The Hall–Kier alpha value is -3.08. The van der Waals surface area contributed by atoms with Crippen LogP contribution in [0.2, 0.25) is 10.0 Å². The van der Waals surface area contributed by atoms with Gasteiger partial charge >= 0.3 is 0 Å². The maximum Gasteiger partial charge on any atom is 0.277 e. The van der Waals surface area contributed by atoms with Crippen LogP contribution in [0.5, 0.6) is 5.88 Å². The maximum atomic E-state index is 12.7. The van der Waals surface area contributed by atoms with Crippen LogP contribution < -0.4 is 10.1 Å². The number of rotatable bonds is 8. The molecule has 0 spiro atoms. The standard InChI is InChI=1S/C20H17Cl2N5O2/c21-16-8-3-1-6-14(16)12-24-19(28)18-20(29-11-5-10-23)27(26-25-18)13-15-7-2-4-9-17(15)22/h1-4,6-9H,5,11-13H2,(H,24,28). The smallest absolute Gasteiger partial charge is 0.277 e. The van der Waals surface area contributed by atoms with Crippen LogP contribution in [0, 0.1) is 11.3 Å². The van der Waals surface area contributed by atoms with Gasteiger partial charge in [0.1, 0.15) is 6.61 Å². The van der Waals surface area contributed by atoms with E-state index in [-0.39, 0.29) is 37.7 Å². The average molecular weight is 430 g/mol. The third-order valence-electron chi connectivity index (χ3n) is 4.03. The molecule has 0 saturated carbocycles. The fourth-order valence-electron chi connectivity index (χ4n) is 2.58. The third-order valence-corrected chi connectivity index (χ3v) is 4.77. The van der Waals surface area contributed by atoms with E-state index in [1.165, 1.54) is 4.68 Å². The first-order chi connectivity index (χ1) is 14.1. The lowest BCUT2D eigenvalue weighted by molar-refractivity contribution is 0.0941. The number of hydrogen-bond acceptors (Lipinski definition) is 5. The van der Waals surface area contributed by atoms with Gasteiger partial charge in [0.25, 0.3) is 5.91 Å². The maximum absolute atomic E-state index is 12.7. The summed E-state index contributed by atoms with van der Waals surface area (Å²) in [5.74, 6) is -0.279. The second kappa shape index (κ2) is 9.92. The second-order valence-corrected chi connectivity index (χ2v) is 6.84. The predicted molar refractivity (Wildman–Crippen MR) is 109 cm³/mol. The number of halogens is 2. The predicted octanol–water partition coefficient (Wildman–Crippen LogP) is 3.86. The SMILES string of the molecule is N#CCCOc1c(C(=O)NCc2ccccc2Cl)nnn1Cc1ccccc1Cl. The molecule has 0 aliphatic heterocycles. The van der Waals surface area contributed by atoms with Crippen molar-refractivity contribution in [2.75, 3.05) is 6.61 Å². The van der Waals surface area contributed by atoms with Crippen LogP contribution >= 0.6 is 23.2 Å². The van der Waals surface area contributed by atoms with Crippen molar-refractivity contribution < 1.29 is 9.53 Å². The van der Waals surface area contributed by atoms with Gasteiger partial charge in [0.2, 0.25) is 11.6 Å². The summed E-state index contributed by atoms with van der Waals surface area (Å²) in [6.45, 7) is 0.608. The molecule has 0 bridgehead atoms. The normalized spacial score (nSPS) is 10.4. The topological polar surface area (TPSA) is 92.8 Å². The lowest BCUT2D eigenvalue weighted by Gasteiger charge is -2.10. The number of aromatic nitrogens is 3. The number of amides is 1. The molecule has 1 heterocycles. The van der Waals surface area contributed by atoms with Gasteiger partial charge in [0.05, 0.1) is 19.0 Å². The number of hydrogen-bond donors (Lipinski definition) is 1. The minimum Gasteiger partial charge on any atom is -0.475 e. The molecule has 2 aromatic carbocycles. The van der Waals surface area contributed by atoms with Gasteiger partial charge in [0.15, 0.2) is 0 Å². The molecule has 148 valence electrons. The van der Waals surface area contributed by atoms with Crippen LogP contribution in [0.4, 0.5) is 0 Å². The molecule has 0 radical (unpaired) electrons. The number of nitriles is 1. The Labute approximate surface area is 177 Å². The molecule has 0 aliphatic carbocycles. The van der Waals surface area contributed by atoms with Crippen LogP contribution in [-0.2, 0) is 13.1 Å². The Kier molecular flexibility index (Phi) is 7.06. The molecule has 1 N–H and O–H groups in total. The number of nitrogens with one attached hydrogen (secondary N) is 1. The molecule has 0 atom stereocenters. The first-order valence-electron chi connectivity index (χ1n) is 8.78. The Balaban J connectivity index is 1.80. The summed E-state index contributed by atoms with van der Waals surface area (Å²) in [6, 6.07) is 16.5. The van der Waals surface area contributed by atoms with Crippen molar-refractivity contribution in [2.24, 2.45) is 0 Å². The monoisotopic (exact) mass is 429 g/mol. The summed E-state index contributed by atoms with van der Waals surface area (Å²) in [7, 11) is 0. The molecular formula is C20H17Cl2N5O2. The molecule has 9 heteroatoms. The minimum atomic E-state index is -0.456. The van der Waals surface area contributed by atoms with Crippen molar-refractivity contribution in [3.63, 3.8) is 0 Å². The molecule has 3 rings (SSSR count). The highest BCUT2D eigenvalue weighted by Crippen LogP contribution is 2.22. The molecule has 29 heavy (non-hydrogen) atoms.